The van der Waals surface area contributed by atoms with Crippen LogP contribution in [0.4, 0.5) is 0 Å². The molecule has 0 radical (unpaired) electrons. The van der Waals surface area contributed by atoms with Crippen LogP contribution in [0.1, 0.15) is 40.5 Å². The quantitative estimate of drug-likeness (QED) is 0.715. The third-order valence-corrected chi connectivity index (χ3v) is 2.94. The normalized spacial score (nSPS) is 27.9. The van der Waals surface area contributed by atoms with Gasteiger partial charge in [-0.25, -0.2) is 0 Å². The predicted octanol–water partition coefficient (Wildman–Crippen LogP) is 1.27. The lowest BCUT2D eigenvalue weighted by Crippen LogP contribution is -2.38. The van der Waals surface area contributed by atoms with Crippen LogP contribution in [0.15, 0.2) is 0 Å². The fourth-order valence-corrected chi connectivity index (χ4v) is 1.87. The van der Waals surface area contributed by atoms with Crippen LogP contribution in [0.3, 0.4) is 0 Å². The predicted molar refractivity (Wildman–Crippen MR) is 57.8 cm³/mol. The zero-order valence-corrected chi connectivity index (χ0v) is 9.63. The molecular weight excluding hydrogens is 176 g/mol. The van der Waals surface area contributed by atoms with Crippen LogP contribution in [0.2, 0.25) is 0 Å². The second-order valence-corrected chi connectivity index (χ2v) is 5.37. The lowest BCUT2D eigenvalue weighted by Gasteiger charge is -2.16. The smallest absolute Gasteiger partial charge is 0.223 e. The van der Waals surface area contributed by atoms with Crippen LogP contribution >= 0.6 is 0 Å². The van der Waals surface area contributed by atoms with E-state index in [4.69, 9.17) is 5.73 Å². The molecule has 1 rings (SSSR count). The van der Waals surface area contributed by atoms with E-state index < -0.39 is 0 Å². The maximum atomic E-state index is 11.7. The highest BCUT2D eigenvalue weighted by Gasteiger charge is 2.50. The third kappa shape index (κ3) is 2.98. The first-order valence-corrected chi connectivity index (χ1v) is 5.39. The van der Waals surface area contributed by atoms with Crippen molar-refractivity contribution < 1.29 is 4.79 Å². The van der Waals surface area contributed by atoms with Crippen molar-refractivity contribution >= 4 is 5.91 Å². The van der Waals surface area contributed by atoms with Crippen molar-refractivity contribution in [1.82, 2.24) is 5.32 Å². The highest BCUT2D eigenvalue weighted by Crippen LogP contribution is 2.51. The second-order valence-electron chi connectivity index (χ2n) is 5.37. The molecule has 3 unspecified atom stereocenters. The van der Waals surface area contributed by atoms with Gasteiger partial charge >= 0.3 is 0 Å². The van der Waals surface area contributed by atoms with E-state index in [1.165, 1.54) is 0 Å². The Hall–Kier alpha value is -0.570. The Morgan fingerprint density at radius 1 is 1.57 bits per heavy atom. The number of hydrogen-bond acceptors (Lipinski definition) is 2. The highest BCUT2D eigenvalue weighted by atomic mass is 16.2. The summed E-state index contributed by atoms with van der Waals surface area (Å²) in [6.45, 7) is 8.24. The Kier molecular flexibility index (Phi) is 3.20. The van der Waals surface area contributed by atoms with Crippen molar-refractivity contribution in [2.45, 2.75) is 52.6 Å². The molecule has 0 aromatic carbocycles. The van der Waals surface area contributed by atoms with E-state index in [1.807, 2.05) is 13.8 Å². The van der Waals surface area contributed by atoms with Crippen molar-refractivity contribution in [2.24, 2.45) is 17.1 Å². The number of nitrogens with two attached hydrogens (primary N) is 1. The molecule has 0 saturated heterocycles. The maximum absolute atomic E-state index is 11.7. The Morgan fingerprint density at radius 2 is 2.07 bits per heavy atom. The minimum absolute atomic E-state index is 0.150. The summed E-state index contributed by atoms with van der Waals surface area (Å²) in [4.78, 5) is 11.7. The second kappa shape index (κ2) is 3.89. The van der Waals surface area contributed by atoms with Gasteiger partial charge in [-0.3, -0.25) is 4.79 Å². The zero-order chi connectivity index (χ0) is 10.9. The Morgan fingerprint density at radius 3 is 2.43 bits per heavy atom. The van der Waals surface area contributed by atoms with Crippen molar-refractivity contribution in [3.05, 3.63) is 0 Å². The minimum Gasteiger partial charge on any atom is -0.353 e. The molecule has 1 fully saturated rings. The molecule has 3 heteroatoms. The number of amides is 1. The van der Waals surface area contributed by atoms with Gasteiger partial charge in [0.1, 0.15) is 0 Å². The SMILES string of the molecule is CC(N)CC(C)NC(=O)C1CC1(C)C. The number of carbonyl (C=O) groups is 1. The third-order valence-electron chi connectivity index (χ3n) is 2.94. The van der Waals surface area contributed by atoms with Crippen molar-refractivity contribution in [1.29, 1.82) is 0 Å². The van der Waals surface area contributed by atoms with Crippen LogP contribution in [0, 0.1) is 11.3 Å². The van der Waals surface area contributed by atoms with E-state index in [0.29, 0.717) is 0 Å². The average molecular weight is 198 g/mol. The fraction of sp³-hybridized carbons (Fsp3) is 0.909. The molecule has 1 saturated carbocycles. The molecule has 0 aromatic rings. The van der Waals surface area contributed by atoms with Crippen LogP contribution in [-0.4, -0.2) is 18.0 Å². The molecular formula is C11H22N2O. The molecule has 0 heterocycles. The van der Waals surface area contributed by atoms with Crippen molar-refractivity contribution in [2.75, 3.05) is 0 Å². The zero-order valence-electron chi connectivity index (χ0n) is 9.63. The summed E-state index contributed by atoms with van der Waals surface area (Å²) in [5, 5.41) is 3.01. The fourth-order valence-electron chi connectivity index (χ4n) is 1.87. The van der Waals surface area contributed by atoms with Gasteiger partial charge in [-0.05, 0) is 32.1 Å². The first-order chi connectivity index (χ1) is 6.33. The molecule has 3 atom stereocenters. The Bertz CT molecular complexity index is 223. The largest absolute Gasteiger partial charge is 0.353 e. The maximum Gasteiger partial charge on any atom is 0.223 e. The molecule has 82 valence electrons. The molecule has 0 spiro atoms. The molecule has 0 aliphatic heterocycles. The van der Waals surface area contributed by atoms with E-state index in [-0.39, 0.29) is 29.3 Å². The highest BCUT2D eigenvalue weighted by molar-refractivity contribution is 5.82. The van der Waals surface area contributed by atoms with Crippen LogP contribution in [0.5, 0.6) is 0 Å². The first-order valence-electron chi connectivity index (χ1n) is 5.39. The van der Waals surface area contributed by atoms with Gasteiger partial charge in [-0.1, -0.05) is 13.8 Å². The molecule has 1 amide bonds. The summed E-state index contributed by atoms with van der Waals surface area (Å²) in [6, 6.07) is 0.344. The molecule has 0 bridgehead atoms. The summed E-state index contributed by atoms with van der Waals surface area (Å²) in [5.41, 5.74) is 5.88. The molecule has 3 nitrogen and oxygen atoms in total. The molecule has 3 N–H and O–H groups in total. The molecule has 1 aliphatic rings. The van der Waals surface area contributed by atoms with Crippen LogP contribution < -0.4 is 11.1 Å². The number of hydrogen-bond donors (Lipinski definition) is 2. The van der Waals surface area contributed by atoms with Crippen LogP contribution in [-0.2, 0) is 4.79 Å². The average Bonchev–Trinajstić information content (AvgIpc) is 2.57. The van der Waals surface area contributed by atoms with Gasteiger partial charge in [0.25, 0.3) is 0 Å². The van der Waals surface area contributed by atoms with Gasteiger partial charge in [0, 0.05) is 18.0 Å². The lowest BCUT2D eigenvalue weighted by molar-refractivity contribution is -0.123. The number of carbonyl (C=O) groups excluding carboxylic acids is 1. The standard InChI is InChI=1S/C11H22N2O/c1-7(12)5-8(2)13-10(14)9-6-11(9,3)4/h7-9H,5-6,12H2,1-4H3,(H,13,14). The summed E-state index contributed by atoms with van der Waals surface area (Å²) >= 11 is 0. The van der Waals surface area contributed by atoms with Crippen molar-refractivity contribution in [3.63, 3.8) is 0 Å². The number of nitrogens with one attached hydrogen (secondary N) is 1. The van der Waals surface area contributed by atoms with E-state index in [9.17, 15) is 4.79 Å². The monoisotopic (exact) mass is 198 g/mol. The number of rotatable bonds is 4. The minimum atomic E-state index is 0.150. The Balaban J connectivity index is 2.28. The Labute approximate surface area is 86.4 Å². The van der Waals surface area contributed by atoms with E-state index >= 15 is 0 Å². The molecule has 14 heavy (non-hydrogen) atoms. The van der Waals surface area contributed by atoms with Gasteiger partial charge < -0.3 is 11.1 Å². The van der Waals surface area contributed by atoms with Crippen LogP contribution in [0.25, 0.3) is 0 Å². The lowest BCUT2D eigenvalue weighted by atomic mass is 10.1. The molecule has 1 aliphatic carbocycles. The summed E-state index contributed by atoms with van der Waals surface area (Å²) in [6.07, 6.45) is 1.86. The van der Waals surface area contributed by atoms with Gasteiger partial charge in [0.15, 0.2) is 0 Å². The van der Waals surface area contributed by atoms with E-state index in [2.05, 4.69) is 19.2 Å². The summed E-state index contributed by atoms with van der Waals surface area (Å²) in [5.74, 6) is 0.418. The summed E-state index contributed by atoms with van der Waals surface area (Å²) in [7, 11) is 0. The van der Waals surface area contributed by atoms with Gasteiger partial charge in [0.2, 0.25) is 5.91 Å². The van der Waals surface area contributed by atoms with E-state index in [0.717, 1.165) is 12.8 Å². The van der Waals surface area contributed by atoms with Gasteiger partial charge in [-0.15, -0.1) is 0 Å². The summed E-state index contributed by atoms with van der Waals surface area (Å²) < 4.78 is 0. The van der Waals surface area contributed by atoms with Crippen molar-refractivity contribution in [3.8, 4) is 0 Å². The van der Waals surface area contributed by atoms with Gasteiger partial charge in [0.05, 0.1) is 0 Å². The molecule has 0 aromatic heterocycles. The first kappa shape index (κ1) is 11.5. The van der Waals surface area contributed by atoms with E-state index in [1.54, 1.807) is 0 Å². The van der Waals surface area contributed by atoms with Gasteiger partial charge in [-0.2, -0.15) is 0 Å². The topological polar surface area (TPSA) is 55.1 Å².